The van der Waals surface area contributed by atoms with Gasteiger partial charge in [-0.25, -0.2) is 0 Å². The van der Waals surface area contributed by atoms with E-state index in [1.807, 2.05) is 35.7 Å². The van der Waals surface area contributed by atoms with E-state index in [4.69, 9.17) is 0 Å². The summed E-state index contributed by atoms with van der Waals surface area (Å²) in [5.74, 6) is 1.11. The maximum atomic E-state index is 12.4. The summed E-state index contributed by atoms with van der Waals surface area (Å²) in [6.07, 6.45) is 3.78. The molecule has 0 atom stereocenters. The third-order valence-corrected chi connectivity index (χ3v) is 5.37. The number of nitro benzene ring substituents is 1. The number of carbonyl (C=O) groups is 1. The molecule has 1 aliphatic rings. The molecule has 2 aromatic heterocycles. The smallest absolute Gasteiger partial charge is 0.271 e. The summed E-state index contributed by atoms with van der Waals surface area (Å²) >= 11 is 0. The molecular weight excluding hydrogens is 372 g/mol. The Kier molecular flexibility index (Phi) is 5.22. The van der Waals surface area contributed by atoms with Gasteiger partial charge < -0.3 is 5.32 Å². The number of amides is 1. The van der Waals surface area contributed by atoms with Gasteiger partial charge >= 0.3 is 0 Å². The summed E-state index contributed by atoms with van der Waals surface area (Å²) in [5, 5.41) is 22.3. The van der Waals surface area contributed by atoms with Crippen molar-refractivity contribution in [1.29, 1.82) is 0 Å². The number of anilines is 1. The molecule has 3 heterocycles. The van der Waals surface area contributed by atoms with Gasteiger partial charge in [0.1, 0.15) is 5.82 Å². The Labute approximate surface area is 167 Å². The van der Waals surface area contributed by atoms with Crippen LogP contribution in [0.1, 0.15) is 30.1 Å². The van der Waals surface area contributed by atoms with Crippen molar-refractivity contribution in [3.05, 3.63) is 64.1 Å². The lowest BCUT2D eigenvalue weighted by Crippen LogP contribution is -2.39. The SMILES string of the molecule is Cc1ccc([N+](=O)[O-])cc1NC(=O)CN1CCC(c2nnc3ccccn23)CC1. The van der Waals surface area contributed by atoms with Crippen molar-refractivity contribution in [3.63, 3.8) is 0 Å². The second-order valence-electron chi connectivity index (χ2n) is 7.34. The number of pyridine rings is 1. The number of aryl methyl sites for hydroxylation is 1. The van der Waals surface area contributed by atoms with Gasteiger partial charge in [-0.05, 0) is 50.6 Å². The standard InChI is InChI=1S/C20H22N6O3/c1-14-5-6-16(26(28)29)12-17(14)21-19(27)13-24-10-7-15(8-11-24)20-23-22-18-4-2-3-9-25(18)20/h2-6,9,12,15H,7-8,10-11,13H2,1H3,(H,21,27). The number of likely N-dealkylation sites (tertiary alicyclic amines) is 1. The van der Waals surface area contributed by atoms with E-state index in [-0.39, 0.29) is 18.1 Å². The number of hydrogen-bond donors (Lipinski definition) is 1. The molecule has 0 bridgehead atoms. The number of carbonyl (C=O) groups excluding carboxylic acids is 1. The molecule has 0 unspecified atom stereocenters. The van der Waals surface area contributed by atoms with Crippen LogP contribution in [0.15, 0.2) is 42.6 Å². The van der Waals surface area contributed by atoms with Gasteiger partial charge in [-0.15, -0.1) is 10.2 Å². The Balaban J connectivity index is 1.34. The molecule has 3 aromatic rings. The maximum absolute atomic E-state index is 12.4. The first-order valence-electron chi connectivity index (χ1n) is 9.58. The molecule has 1 amide bonds. The van der Waals surface area contributed by atoms with Crippen LogP contribution in [0.25, 0.3) is 5.65 Å². The van der Waals surface area contributed by atoms with Crippen LogP contribution in [-0.4, -0.2) is 50.0 Å². The van der Waals surface area contributed by atoms with Gasteiger partial charge in [0.25, 0.3) is 5.69 Å². The highest BCUT2D eigenvalue weighted by molar-refractivity contribution is 5.93. The van der Waals surface area contributed by atoms with Crippen LogP contribution in [0.5, 0.6) is 0 Å². The van der Waals surface area contributed by atoms with E-state index in [0.29, 0.717) is 11.6 Å². The molecule has 0 spiro atoms. The maximum Gasteiger partial charge on any atom is 0.271 e. The Morgan fingerprint density at radius 2 is 2.03 bits per heavy atom. The summed E-state index contributed by atoms with van der Waals surface area (Å²) in [6.45, 7) is 3.64. The first kappa shape index (κ1) is 19.0. The van der Waals surface area contributed by atoms with Crippen molar-refractivity contribution in [3.8, 4) is 0 Å². The molecule has 9 nitrogen and oxygen atoms in total. The fourth-order valence-corrected chi connectivity index (χ4v) is 3.74. The van der Waals surface area contributed by atoms with E-state index in [1.165, 1.54) is 12.1 Å². The fraction of sp³-hybridized carbons (Fsp3) is 0.350. The van der Waals surface area contributed by atoms with Crippen LogP contribution in [0, 0.1) is 17.0 Å². The number of rotatable bonds is 5. The Morgan fingerprint density at radius 1 is 1.24 bits per heavy atom. The lowest BCUT2D eigenvalue weighted by atomic mass is 9.96. The van der Waals surface area contributed by atoms with Crippen LogP contribution >= 0.6 is 0 Å². The van der Waals surface area contributed by atoms with E-state index < -0.39 is 4.92 Å². The van der Waals surface area contributed by atoms with E-state index in [0.717, 1.165) is 43.0 Å². The molecule has 9 heteroatoms. The van der Waals surface area contributed by atoms with Gasteiger partial charge in [-0.3, -0.25) is 24.2 Å². The predicted octanol–water partition coefficient (Wildman–Crippen LogP) is 2.76. The van der Waals surface area contributed by atoms with Gasteiger partial charge in [0.05, 0.1) is 17.2 Å². The lowest BCUT2D eigenvalue weighted by molar-refractivity contribution is -0.384. The van der Waals surface area contributed by atoms with Crippen molar-refractivity contribution >= 4 is 22.9 Å². The number of non-ortho nitro benzene ring substituents is 1. The number of hydrogen-bond acceptors (Lipinski definition) is 6. The normalized spacial score (nSPS) is 15.5. The second-order valence-corrected chi connectivity index (χ2v) is 7.34. The molecule has 1 saturated heterocycles. The predicted molar refractivity (Wildman–Crippen MR) is 108 cm³/mol. The van der Waals surface area contributed by atoms with E-state index in [1.54, 1.807) is 6.07 Å². The summed E-state index contributed by atoms with van der Waals surface area (Å²) < 4.78 is 2.03. The first-order chi connectivity index (χ1) is 14.0. The van der Waals surface area contributed by atoms with Crippen molar-refractivity contribution < 1.29 is 9.72 Å². The van der Waals surface area contributed by atoms with Gasteiger partial charge in [0, 0.05) is 24.2 Å². The van der Waals surface area contributed by atoms with E-state index in [2.05, 4.69) is 20.4 Å². The minimum atomic E-state index is -0.464. The average Bonchev–Trinajstić information content (AvgIpc) is 3.14. The molecule has 1 aliphatic heterocycles. The summed E-state index contributed by atoms with van der Waals surface area (Å²) in [6, 6.07) is 10.3. The zero-order valence-corrected chi connectivity index (χ0v) is 16.1. The molecule has 1 fully saturated rings. The number of nitrogens with one attached hydrogen (secondary N) is 1. The van der Waals surface area contributed by atoms with Crippen molar-refractivity contribution in [2.45, 2.75) is 25.7 Å². The van der Waals surface area contributed by atoms with Crippen molar-refractivity contribution in [1.82, 2.24) is 19.5 Å². The molecule has 0 radical (unpaired) electrons. The molecule has 0 aliphatic carbocycles. The summed E-state index contributed by atoms with van der Waals surface area (Å²) in [4.78, 5) is 25.0. The lowest BCUT2D eigenvalue weighted by Gasteiger charge is -2.30. The largest absolute Gasteiger partial charge is 0.324 e. The van der Waals surface area contributed by atoms with Crippen LogP contribution < -0.4 is 5.32 Å². The number of fused-ring (bicyclic) bond motifs is 1. The highest BCUT2D eigenvalue weighted by atomic mass is 16.6. The molecule has 1 N–H and O–H groups in total. The molecule has 1 aromatic carbocycles. The number of aromatic nitrogens is 3. The third-order valence-electron chi connectivity index (χ3n) is 5.37. The average molecular weight is 394 g/mol. The Bertz CT molecular complexity index is 1060. The van der Waals surface area contributed by atoms with Crippen LogP contribution in [0.4, 0.5) is 11.4 Å². The van der Waals surface area contributed by atoms with Crippen LogP contribution in [0.3, 0.4) is 0 Å². The summed E-state index contributed by atoms with van der Waals surface area (Å²) in [5.41, 5.74) is 2.08. The monoisotopic (exact) mass is 394 g/mol. The fourth-order valence-electron chi connectivity index (χ4n) is 3.74. The minimum Gasteiger partial charge on any atom is -0.324 e. The second kappa shape index (κ2) is 7.96. The molecule has 4 rings (SSSR count). The van der Waals surface area contributed by atoms with Crippen LogP contribution in [0.2, 0.25) is 0 Å². The van der Waals surface area contributed by atoms with Crippen molar-refractivity contribution in [2.24, 2.45) is 0 Å². The molecule has 150 valence electrons. The van der Waals surface area contributed by atoms with Gasteiger partial charge in [-0.1, -0.05) is 12.1 Å². The molecular formula is C20H22N6O3. The number of nitro groups is 1. The Hall–Kier alpha value is -3.33. The van der Waals surface area contributed by atoms with E-state index >= 15 is 0 Å². The zero-order valence-electron chi connectivity index (χ0n) is 16.1. The van der Waals surface area contributed by atoms with Gasteiger partial charge in [0.2, 0.25) is 5.91 Å². The number of benzene rings is 1. The number of nitrogens with zero attached hydrogens (tertiary/aromatic N) is 5. The minimum absolute atomic E-state index is 0.0350. The van der Waals surface area contributed by atoms with E-state index in [9.17, 15) is 14.9 Å². The quantitative estimate of drug-likeness (QED) is 0.527. The van der Waals surface area contributed by atoms with Crippen LogP contribution in [-0.2, 0) is 4.79 Å². The topological polar surface area (TPSA) is 106 Å². The third kappa shape index (κ3) is 4.09. The highest BCUT2D eigenvalue weighted by Crippen LogP contribution is 2.27. The van der Waals surface area contributed by atoms with Gasteiger partial charge in [0.15, 0.2) is 5.65 Å². The van der Waals surface area contributed by atoms with Gasteiger partial charge in [-0.2, -0.15) is 0 Å². The number of piperidine rings is 1. The molecule has 0 saturated carbocycles. The summed E-state index contributed by atoms with van der Waals surface area (Å²) in [7, 11) is 0. The zero-order chi connectivity index (χ0) is 20.4. The first-order valence-corrected chi connectivity index (χ1v) is 9.58. The highest BCUT2D eigenvalue weighted by Gasteiger charge is 2.25. The Morgan fingerprint density at radius 3 is 2.79 bits per heavy atom. The van der Waals surface area contributed by atoms with Crippen molar-refractivity contribution in [2.75, 3.05) is 25.0 Å². The molecule has 29 heavy (non-hydrogen) atoms.